The summed E-state index contributed by atoms with van der Waals surface area (Å²) in [7, 11) is 0. The first-order chi connectivity index (χ1) is 21.2. The molecule has 5 aromatic carbocycles. The standard InChI is InChI=1S/C40H30N2S/c1-40(22-10-3-11-23-40)36-24-27(26-12-4-2-5-13-26)25-37(41-36)42-32-16-8-6-14-30(32)38-28-19-21-35-39(29(28)18-20-33(38)42)31-15-7-9-17-34(31)43-35/h2-22,24-25,37,41H,23H2,1H3/p+1. The molecule has 2 unspecified atom stereocenters. The Morgan fingerprint density at radius 2 is 1.47 bits per heavy atom. The summed E-state index contributed by atoms with van der Waals surface area (Å²) in [6, 6.07) is 38.1. The molecular formula is C40H31N2S+. The van der Waals surface area contributed by atoms with Crippen molar-refractivity contribution in [3.8, 4) is 0 Å². The van der Waals surface area contributed by atoms with Crippen molar-refractivity contribution in [2.24, 2.45) is 5.41 Å². The summed E-state index contributed by atoms with van der Waals surface area (Å²) >= 11 is 1.89. The smallest absolute Gasteiger partial charge is 0.190 e. The molecule has 0 bridgehead atoms. The van der Waals surface area contributed by atoms with Gasteiger partial charge in [0.2, 0.25) is 0 Å². The Hall–Kier alpha value is -4.70. The van der Waals surface area contributed by atoms with Crippen LogP contribution in [0.25, 0.3) is 58.3 Å². The van der Waals surface area contributed by atoms with Crippen LogP contribution in [-0.4, -0.2) is 4.57 Å². The number of hydrogen-bond donors (Lipinski definition) is 1. The van der Waals surface area contributed by atoms with E-state index in [0.717, 1.165) is 6.42 Å². The summed E-state index contributed by atoms with van der Waals surface area (Å²) in [5.74, 6) is 0. The van der Waals surface area contributed by atoms with Crippen LogP contribution in [0.15, 0.2) is 145 Å². The summed E-state index contributed by atoms with van der Waals surface area (Å²) in [6.07, 6.45) is 15.0. The van der Waals surface area contributed by atoms with Gasteiger partial charge in [0.05, 0.1) is 16.4 Å². The zero-order valence-electron chi connectivity index (χ0n) is 24.0. The molecule has 9 rings (SSSR count). The van der Waals surface area contributed by atoms with Gasteiger partial charge in [-0.25, -0.2) is 0 Å². The minimum absolute atomic E-state index is 0.0433. The highest BCUT2D eigenvalue weighted by molar-refractivity contribution is 7.26. The second kappa shape index (κ2) is 9.40. The number of aromatic nitrogens is 1. The zero-order valence-corrected chi connectivity index (χ0v) is 24.8. The van der Waals surface area contributed by atoms with Crippen LogP contribution >= 0.6 is 11.3 Å². The lowest BCUT2D eigenvalue weighted by atomic mass is 9.78. The van der Waals surface area contributed by atoms with Crippen LogP contribution in [0.2, 0.25) is 0 Å². The van der Waals surface area contributed by atoms with Crippen LogP contribution in [0.5, 0.6) is 0 Å². The Morgan fingerprint density at radius 3 is 2.33 bits per heavy atom. The molecule has 3 heterocycles. The number of benzene rings is 5. The van der Waals surface area contributed by atoms with Crippen molar-refractivity contribution >= 4 is 69.7 Å². The molecule has 0 fully saturated rings. The molecule has 2 nitrogen and oxygen atoms in total. The first kappa shape index (κ1) is 24.9. The number of allylic oxidation sites excluding steroid dienone is 6. The van der Waals surface area contributed by atoms with Crippen LogP contribution in [-0.2, 0) is 0 Å². The highest BCUT2D eigenvalue weighted by Gasteiger charge is 2.35. The zero-order chi connectivity index (χ0) is 28.5. The monoisotopic (exact) mass is 571 g/mol. The van der Waals surface area contributed by atoms with Crippen molar-refractivity contribution in [2.75, 3.05) is 0 Å². The molecule has 2 N–H and O–H groups in total. The second-order valence-corrected chi connectivity index (χ2v) is 13.2. The quantitative estimate of drug-likeness (QED) is 0.218. The fourth-order valence-corrected chi connectivity index (χ4v) is 8.51. The van der Waals surface area contributed by atoms with Gasteiger partial charge < -0.3 is 0 Å². The maximum absolute atomic E-state index is 2.57. The first-order valence-corrected chi connectivity index (χ1v) is 15.9. The molecule has 0 saturated heterocycles. The summed E-state index contributed by atoms with van der Waals surface area (Å²) < 4.78 is 5.27. The maximum atomic E-state index is 2.57. The van der Waals surface area contributed by atoms with Crippen molar-refractivity contribution in [2.45, 2.75) is 19.5 Å². The van der Waals surface area contributed by atoms with E-state index in [0.29, 0.717) is 0 Å². The molecule has 2 aromatic heterocycles. The van der Waals surface area contributed by atoms with E-state index in [2.05, 4.69) is 156 Å². The third kappa shape index (κ3) is 3.75. The van der Waals surface area contributed by atoms with E-state index >= 15 is 0 Å². The summed E-state index contributed by atoms with van der Waals surface area (Å²) in [5, 5.41) is 10.6. The number of nitrogens with two attached hydrogens (primary N) is 1. The first-order valence-electron chi connectivity index (χ1n) is 15.1. The van der Waals surface area contributed by atoms with Gasteiger partial charge in [-0.2, -0.15) is 0 Å². The van der Waals surface area contributed by atoms with Gasteiger partial charge in [0.25, 0.3) is 0 Å². The molecule has 3 heteroatoms. The van der Waals surface area contributed by atoms with E-state index in [1.54, 1.807) is 0 Å². The summed E-state index contributed by atoms with van der Waals surface area (Å²) in [6.45, 7) is 2.37. The Kier molecular flexibility index (Phi) is 5.44. The van der Waals surface area contributed by atoms with Gasteiger partial charge >= 0.3 is 0 Å². The van der Waals surface area contributed by atoms with Gasteiger partial charge in [-0.3, -0.25) is 9.88 Å². The molecule has 0 spiro atoms. The maximum Gasteiger partial charge on any atom is 0.190 e. The van der Waals surface area contributed by atoms with Crippen molar-refractivity contribution in [3.05, 3.63) is 151 Å². The van der Waals surface area contributed by atoms with E-state index in [4.69, 9.17) is 0 Å². The molecule has 206 valence electrons. The number of thiophene rings is 1. The summed E-state index contributed by atoms with van der Waals surface area (Å²) in [5.41, 5.74) is 6.43. The molecule has 0 amide bonds. The number of quaternary nitrogens is 1. The van der Waals surface area contributed by atoms with Gasteiger partial charge in [-0.15, -0.1) is 11.3 Å². The van der Waals surface area contributed by atoms with E-state index < -0.39 is 0 Å². The van der Waals surface area contributed by atoms with Crippen molar-refractivity contribution in [1.29, 1.82) is 0 Å². The lowest BCUT2D eigenvalue weighted by molar-refractivity contribution is -0.662. The van der Waals surface area contributed by atoms with E-state index in [9.17, 15) is 0 Å². The lowest BCUT2D eigenvalue weighted by Gasteiger charge is -2.32. The summed E-state index contributed by atoms with van der Waals surface area (Å²) in [4.78, 5) is 0. The average molecular weight is 572 g/mol. The van der Waals surface area contributed by atoms with E-state index in [1.165, 1.54) is 69.6 Å². The van der Waals surface area contributed by atoms with Gasteiger partial charge in [-0.1, -0.05) is 103 Å². The van der Waals surface area contributed by atoms with Gasteiger partial charge in [0.1, 0.15) is 5.70 Å². The molecule has 2 aliphatic rings. The third-order valence-electron chi connectivity index (χ3n) is 9.54. The van der Waals surface area contributed by atoms with Crippen molar-refractivity contribution in [1.82, 2.24) is 4.57 Å². The lowest BCUT2D eigenvalue weighted by Crippen LogP contribution is -2.87. The van der Waals surface area contributed by atoms with Crippen LogP contribution in [0.4, 0.5) is 0 Å². The number of para-hydroxylation sites is 1. The SMILES string of the molecule is CC1(C2=CC(c3ccccc3)=CC(n3c4ccccc4c4c5ccc6sc7ccccc7c6c5ccc43)[NH2+]2)C=CC=CC1. The van der Waals surface area contributed by atoms with Crippen molar-refractivity contribution in [3.63, 3.8) is 0 Å². The molecule has 2 atom stereocenters. The molecule has 1 aliphatic heterocycles. The highest BCUT2D eigenvalue weighted by Crippen LogP contribution is 2.44. The van der Waals surface area contributed by atoms with E-state index in [-0.39, 0.29) is 11.6 Å². The number of fused-ring (bicyclic) bond motifs is 9. The topological polar surface area (TPSA) is 21.5 Å². The van der Waals surface area contributed by atoms with Gasteiger partial charge in [-0.05, 0) is 59.5 Å². The predicted octanol–water partition coefficient (Wildman–Crippen LogP) is 9.88. The molecule has 0 radical (unpaired) electrons. The third-order valence-corrected chi connectivity index (χ3v) is 10.7. The Morgan fingerprint density at radius 1 is 0.698 bits per heavy atom. The Bertz CT molecular complexity index is 2360. The normalized spacial score (nSPS) is 20.4. The minimum Gasteiger partial charge on any atom is -0.293 e. The highest BCUT2D eigenvalue weighted by atomic mass is 32.1. The molecule has 7 aromatic rings. The fourth-order valence-electron chi connectivity index (χ4n) is 7.38. The minimum atomic E-state index is -0.0433. The number of hydrogen-bond acceptors (Lipinski definition) is 1. The number of nitrogens with zero attached hydrogens (tertiary/aromatic N) is 1. The Labute approximate surface area is 254 Å². The van der Waals surface area contributed by atoms with Crippen LogP contribution in [0.1, 0.15) is 25.1 Å². The van der Waals surface area contributed by atoms with E-state index in [1.807, 2.05) is 11.3 Å². The predicted molar refractivity (Wildman–Crippen MR) is 184 cm³/mol. The molecule has 1 aliphatic carbocycles. The average Bonchev–Trinajstić information content (AvgIpc) is 3.61. The van der Waals surface area contributed by atoms with Crippen LogP contribution in [0, 0.1) is 5.41 Å². The Balaban J connectivity index is 1.32. The molecule has 43 heavy (non-hydrogen) atoms. The van der Waals surface area contributed by atoms with Gasteiger partial charge in [0.15, 0.2) is 6.17 Å². The fraction of sp³-hybridized carbons (Fsp3) is 0.100. The van der Waals surface area contributed by atoms with Crippen molar-refractivity contribution < 1.29 is 5.32 Å². The number of rotatable bonds is 3. The van der Waals surface area contributed by atoms with Crippen LogP contribution in [0.3, 0.4) is 0 Å². The largest absolute Gasteiger partial charge is 0.293 e. The second-order valence-electron chi connectivity index (χ2n) is 12.1. The van der Waals surface area contributed by atoms with Crippen LogP contribution < -0.4 is 5.32 Å². The van der Waals surface area contributed by atoms with Gasteiger partial charge in [0, 0.05) is 43.1 Å². The molecule has 0 saturated carbocycles. The molecular weight excluding hydrogens is 541 g/mol.